The molecular formula is C61H70BClFN9O7S2. The summed E-state index contributed by atoms with van der Waals surface area (Å²) in [5, 5.41) is 30.5. The van der Waals surface area contributed by atoms with Gasteiger partial charge in [0.1, 0.15) is 34.8 Å². The minimum Gasteiger partial charge on any atom is -0.401 e. The van der Waals surface area contributed by atoms with Crippen LogP contribution >= 0.6 is 34.3 Å². The number of hydrogen-bond acceptors (Lipinski definition) is 13. The number of rotatable bonds is 16. The predicted molar refractivity (Wildman–Crippen MR) is 316 cm³/mol. The van der Waals surface area contributed by atoms with E-state index in [4.69, 9.17) is 25.9 Å². The highest BCUT2D eigenvalue weighted by Gasteiger charge is 2.70. The number of hydrogen-bond donors (Lipinski definition) is 4. The van der Waals surface area contributed by atoms with Crippen LogP contribution in [0.25, 0.3) is 15.4 Å². The van der Waals surface area contributed by atoms with Crippen LogP contribution in [0.5, 0.6) is 0 Å². The van der Waals surface area contributed by atoms with Crippen LogP contribution in [0.1, 0.15) is 129 Å². The lowest BCUT2D eigenvalue weighted by atomic mass is 9.43. The van der Waals surface area contributed by atoms with Crippen LogP contribution in [0.3, 0.4) is 0 Å². The SMILES string of the molecule is Cc1ncsc1-c1ccc(CNC(=O)[C@@H]2C[C@@H](O)CN2C(=O)[C@@H](NC(=O)CCc2cccc(F)c2B2O[C@H]3C[C@H]4C[C@H](C4(C)C)[C@@]3(CCNC(=O)C[C@@H]3N=C(c4ccc(Cl)cc4)c4c(sc(C)c4C)-n4c(C)nnc43)O2)C(C)(C)C)cc1. The van der Waals surface area contributed by atoms with Gasteiger partial charge in [0.05, 0.1) is 46.0 Å². The van der Waals surface area contributed by atoms with Crippen LogP contribution < -0.4 is 21.4 Å². The number of amides is 4. The Bertz CT molecular complexity index is 3490. The standard InChI is InChI=1S/C61H70BClFN9O7S2/c1-32-34(3)82-58-50(32)52(38-17-20-41(63)21-18-38)68-44(55-71-70-35(4)73(55)58)28-49(76)65-24-23-61-46-25-40(60(46,8)9)26-47(61)79-62(80-61)51-37(11-10-12-43(51)64)19-22-48(75)69-54(59(5,6)7)57(78)72-30-42(74)27-45(72)56(77)66-29-36-13-15-39(16-14-36)53-33(2)67-31-81-53/h10-18,20-21,31,40,42,44-47,54,74H,19,22-30H2,1-9H3,(H,65,76)(H,66,77)(H,69,75)/t40-,42-,44+,45+,46-,47+,54-,61-/m1/s1. The predicted octanol–water partition coefficient (Wildman–Crippen LogP) is 8.62. The molecule has 430 valence electrons. The van der Waals surface area contributed by atoms with Crippen molar-refractivity contribution in [2.24, 2.45) is 27.7 Å². The molecule has 0 unspecified atom stereocenters. The Labute approximate surface area is 491 Å². The molecule has 12 rings (SSSR count). The highest BCUT2D eigenvalue weighted by Crippen LogP contribution is 2.66. The van der Waals surface area contributed by atoms with Crippen LogP contribution in [0.15, 0.2) is 77.2 Å². The van der Waals surface area contributed by atoms with E-state index in [0.29, 0.717) is 41.0 Å². The fourth-order valence-electron chi connectivity index (χ4n) is 13.3. The van der Waals surface area contributed by atoms with Gasteiger partial charge >= 0.3 is 7.12 Å². The van der Waals surface area contributed by atoms with Gasteiger partial charge in [0.15, 0.2) is 5.82 Å². The van der Waals surface area contributed by atoms with Gasteiger partial charge in [-0.15, -0.1) is 32.9 Å². The van der Waals surface area contributed by atoms with Crippen LogP contribution in [-0.2, 0) is 41.5 Å². The van der Waals surface area contributed by atoms with Crippen molar-refractivity contribution < 1.29 is 38.0 Å². The normalized spacial score (nSPS) is 23.7. The Morgan fingerprint density at radius 3 is 2.40 bits per heavy atom. The Hall–Kier alpha value is -6.16. The van der Waals surface area contributed by atoms with E-state index in [1.165, 1.54) is 11.0 Å². The number of halogens is 2. The van der Waals surface area contributed by atoms with E-state index in [9.17, 15) is 24.3 Å². The molecule has 4 amide bonds. The molecule has 6 aromatic rings. The number of aliphatic hydroxyl groups is 1. The van der Waals surface area contributed by atoms with Crippen molar-refractivity contribution in [1.29, 1.82) is 0 Å². The molecule has 0 spiro atoms. The van der Waals surface area contributed by atoms with Crippen molar-refractivity contribution in [2.75, 3.05) is 13.1 Å². The highest BCUT2D eigenvalue weighted by atomic mass is 35.5. The summed E-state index contributed by atoms with van der Waals surface area (Å²) < 4.78 is 32.3. The number of fused-ring (bicyclic) bond motifs is 3. The van der Waals surface area contributed by atoms with Crippen molar-refractivity contribution >= 4 is 76.2 Å². The third-order valence-corrected chi connectivity index (χ3v) is 20.4. The number of benzene rings is 3. The van der Waals surface area contributed by atoms with Gasteiger partial charge in [-0.2, -0.15) is 0 Å². The molecule has 8 atom stereocenters. The Kier molecular flexibility index (Phi) is 15.8. The average Bonchev–Trinajstić information content (AvgIpc) is 1.44. The molecule has 3 aliphatic heterocycles. The smallest absolute Gasteiger partial charge is 0.401 e. The lowest BCUT2D eigenvalue weighted by molar-refractivity contribution is -0.209. The zero-order valence-electron chi connectivity index (χ0n) is 47.8. The molecule has 6 heterocycles. The molecule has 3 saturated carbocycles. The highest BCUT2D eigenvalue weighted by molar-refractivity contribution is 7.15. The quantitative estimate of drug-likeness (QED) is 0.0680. The van der Waals surface area contributed by atoms with Gasteiger partial charge in [-0.05, 0) is 116 Å². The largest absolute Gasteiger partial charge is 0.497 e. The topological polar surface area (TPSA) is 202 Å². The number of carbonyl (C=O) groups excluding carboxylic acids is 4. The van der Waals surface area contributed by atoms with Crippen LogP contribution in [0, 0.1) is 56.2 Å². The number of likely N-dealkylation sites (tertiary alicyclic amines) is 1. The summed E-state index contributed by atoms with van der Waals surface area (Å²) in [5.41, 5.74) is 7.40. The Balaban J connectivity index is 0.755. The number of thiophene rings is 1. The van der Waals surface area contributed by atoms with Crippen LogP contribution in [-0.4, -0.2) is 109 Å². The van der Waals surface area contributed by atoms with E-state index in [1.807, 2.05) is 93.2 Å². The number of β-amino-alcohol motifs (C(OH)–C–C–N with tert-alkyl or cyclic N) is 1. The van der Waals surface area contributed by atoms with E-state index in [2.05, 4.69) is 58.8 Å². The first kappa shape index (κ1) is 57.7. The number of thiazole rings is 1. The summed E-state index contributed by atoms with van der Waals surface area (Å²) in [7, 11) is -1.08. The van der Waals surface area contributed by atoms with Crippen molar-refractivity contribution in [2.45, 2.75) is 150 Å². The lowest BCUT2D eigenvalue weighted by Crippen LogP contribution is -2.67. The number of aryl methyl sites for hydroxylation is 4. The molecule has 3 aromatic heterocycles. The van der Waals surface area contributed by atoms with Gasteiger partial charge in [-0.1, -0.05) is 94.8 Å². The second-order valence-corrected chi connectivity index (χ2v) is 27.0. The minimum atomic E-state index is -1.08. The van der Waals surface area contributed by atoms with Crippen molar-refractivity contribution in [3.8, 4) is 15.4 Å². The van der Waals surface area contributed by atoms with Crippen molar-refractivity contribution in [1.82, 2.24) is 40.6 Å². The molecule has 4 N–H and O–H groups in total. The first-order valence-electron chi connectivity index (χ1n) is 28.3. The average molecular weight is 1170 g/mol. The number of aliphatic imine (C=N–C) groups is 1. The molecule has 3 aliphatic carbocycles. The third-order valence-electron chi connectivity index (χ3n) is 18.0. The van der Waals surface area contributed by atoms with Crippen LogP contribution in [0.2, 0.25) is 5.02 Å². The number of aromatic nitrogens is 4. The van der Waals surface area contributed by atoms with Crippen LogP contribution in [0.4, 0.5) is 4.39 Å². The number of carbonyl (C=O) groups is 4. The molecule has 6 aliphatic rings. The van der Waals surface area contributed by atoms with E-state index in [1.54, 1.807) is 34.8 Å². The molecule has 16 nitrogen and oxygen atoms in total. The molecule has 5 fully saturated rings. The maximum absolute atomic E-state index is 16.4. The van der Waals surface area contributed by atoms with Crippen molar-refractivity contribution in [3.63, 3.8) is 0 Å². The van der Waals surface area contributed by atoms with Gasteiger partial charge in [0.25, 0.3) is 0 Å². The summed E-state index contributed by atoms with van der Waals surface area (Å²) >= 11 is 9.55. The first-order valence-corrected chi connectivity index (χ1v) is 30.4. The number of nitrogens with one attached hydrogen (secondary N) is 3. The van der Waals surface area contributed by atoms with E-state index in [0.717, 1.165) is 60.4 Å². The summed E-state index contributed by atoms with van der Waals surface area (Å²) in [4.78, 5) is 69.8. The van der Waals surface area contributed by atoms with E-state index < -0.39 is 65.9 Å². The summed E-state index contributed by atoms with van der Waals surface area (Å²) in [6.07, 6.45) is 0.832. The second kappa shape index (κ2) is 22.4. The zero-order valence-corrected chi connectivity index (χ0v) is 50.2. The third kappa shape index (κ3) is 10.8. The van der Waals surface area contributed by atoms with Gasteiger partial charge in [-0.25, -0.2) is 9.37 Å². The van der Waals surface area contributed by atoms with Gasteiger partial charge in [-0.3, -0.25) is 28.7 Å². The molecule has 2 bridgehead atoms. The molecular weight excluding hydrogens is 1100 g/mol. The van der Waals surface area contributed by atoms with Gasteiger partial charge in [0, 0.05) is 59.0 Å². The lowest BCUT2D eigenvalue weighted by Gasteiger charge is -2.65. The summed E-state index contributed by atoms with van der Waals surface area (Å²) in [6, 6.07) is 17.5. The molecule has 2 saturated heterocycles. The molecule has 82 heavy (non-hydrogen) atoms. The zero-order chi connectivity index (χ0) is 58.2. The molecule has 3 aromatic carbocycles. The molecule has 21 heteroatoms. The van der Waals surface area contributed by atoms with Gasteiger partial charge < -0.3 is 35.3 Å². The second-order valence-electron chi connectivity index (χ2n) is 24.5. The maximum atomic E-state index is 16.4. The molecule has 0 radical (unpaired) electrons. The summed E-state index contributed by atoms with van der Waals surface area (Å²) in [6.45, 7) is 18.5. The number of nitrogens with zero attached hydrogens (tertiary/aromatic N) is 6. The van der Waals surface area contributed by atoms with Gasteiger partial charge in [0.2, 0.25) is 23.6 Å². The van der Waals surface area contributed by atoms with E-state index >= 15 is 4.39 Å². The monoisotopic (exact) mass is 1170 g/mol. The summed E-state index contributed by atoms with van der Waals surface area (Å²) in [5.74, 6) is -0.331. The Morgan fingerprint density at radius 2 is 1.70 bits per heavy atom. The Morgan fingerprint density at radius 1 is 0.951 bits per heavy atom. The fourth-order valence-corrected chi connectivity index (χ4v) is 15.4. The van der Waals surface area contributed by atoms with E-state index in [-0.39, 0.29) is 74.1 Å². The fraction of sp³-hybridized carbons (Fsp3) is 0.475. The van der Waals surface area contributed by atoms with Crippen molar-refractivity contribution in [3.05, 3.63) is 133 Å². The maximum Gasteiger partial charge on any atom is 0.497 e. The number of aliphatic hydroxyl groups excluding tert-OH is 1. The first-order chi connectivity index (χ1) is 39.0. The minimum absolute atomic E-state index is 0.0110.